The van der Waals surface area contributed by atoms with Crippen molar-refractivity contribution in [3.8, 4) is 0 Å². The molecule has 0 unspecified atom stereocenters. The van der Waals surface area contributed by atoms with Crippen LogP contribution in [0, 0.1) is 0 Å². The SMILES string of the molecule is CC(C)(C)c1ccc2c(c1)c1cc(C(C)(C)C)cc3c4cc5c(cc4n2c13)c1cc(C(C)(C)C)cc2c3c4c6cc(C(C)(C)C)cc7c8cc(C(C)(C)C)ccc8n(c4ccc3n5c12)c76. The molecule has 13 rings (SSSR count). The Kier molecular flexibility index (Phi) is 7.05. The van der Waals surface area contributed by atoms with E-state index >= 15 is 0 Å². The molecule has 324 valence electrons. The van der Waals surface area contributed by atoms with Crippen LogP contribution in [0.25, 0.3) is 114 Å². The van der Waals surface area contributed by atoms with Crippen molar-refractivity contribution in [1.82, 2.24) is 13.2 Å². The van der Waals surface area contributed by atoms with Gasteiger partial charge in [0.25, 0.3) is 0 Å². The van der Waals surface area contributed by atoms with Gasteiger partial charge in [0, 0.05) is 64.6 Å². The topological polar surface area (TPSA) is 13.2 Å². The van der Waals surface area contributed by atoms with Crippen LogP contribution in [0.4, 0.5) is 0 Å². The van der Waals surface area contributed by atoms with E-state index in [1.807, 2.05) is 0 Å². The van der Waals surface area contributed by atoms with Crippen LogP contribution in [0.1, 0.15) is 132 Å². The molecule has 0 aliphatic heterocycles. The quantitative estimate of drug-likeness (QED) is 0.144. The van der Waals surface area contributed by atoms with E-state index in [0.717, 1.165) is 0 Å². The maximum atomic E-state index is 2.64. The number of nitrogens with zero attached hydrogens (tertiary/aromatic N) is 3. The van der Waals surface area contributed by atoms with Crippen molar-refractivity contribution >= 4 is 114 Å². The molecule has 0 bridgehead atoms. The molecular formula is C62H61N3. The van der Waals surface area contributed by atoms with Gasteiger partial charge in [-0.25, -0.2) is 0 Å². The van der Waals surface area contributed by atoms with Gasteiger partial charge in [-0.05, 0) is 140 Å². The van der Waals surface area contributed by atoms with Gasteiger partial charge >= 0.3 is 0 Å². The Hall–Kier alpha value is -6.06. The smallest absolute Gasteiger partial charge is 0.0620 e. The zero-order valence-corrected chi connectivity index (χ0v) is 41.1. The lowest BCUT2D eigenvalue weighted by atomic mass is 9.84. The summed E-state index contributed by atoms with van der Waals surface area (Å²) in [5, 5.41) is 16.2. The highest BCUT2D eigenvalue weighted by molar-refractivity contribution is 6.36. The Morgan fingerprint density at radius 2 is 0.477 bits per heavy atom. The Bertz CT molecular complexity index is 4150. The zero-order valence-electron chi connectivity index (χ0n) is 41.1. The first-order valence-electron chi connectivity index (χ1n) is 24.0. The van der Waals surface area contributed by atoms with Gasteiger partial charge in [-0.3, -0.25) is 0 Å². The molecular weight excluding hydrogens is 787 g/mol. The average molecular weight is 848 g/mol. The summed E-state index contributed by atoms with van der Waals surface area (Å²) >= 11 is 0. The molecule has 0 fully saturated rings. The van der Waals surface area contributed by atoms with Gasteiger partial charge in [0.15, 0.2) is 0 Å². The molecule has 7 aromatic carbocycles. The highest BCUT2D eigenvalue weighted by atomic mass is 14.9. The second-order valence-corrected chi connectivity index (χ2v) is 25.2. The number of benzene rings is 7. The van der Waals surface area contributed by atoms with Crippen LogP contribution >= 0.6 is 0 Å². The maximum absolute atomic E-state index is 2.64. The monoisotopic (exact) mass is 847 g/mol. The fourth-order valence-electron chi connectivity index (χ4n) is 11.9. The van der Waals surface area contributed by atoms with Crippen LogP contribution in [0.5, 0.6) is 0 Å². The molecule has 6 aromatic heterocycles. The van der Waals surface area contributed by atoms with Crippen LogP contribution in [0.2, 0.25) is 0 Å². The second-order valence-electron chi connectivity index (χ2n) is 25.2. The second kappa shape index (κ2) is 11.7. The first-order valence-corrected chi connectivity index (χ1v) is 24.0. The van der Waals surface area contributed by atoms with E-state index in [9.17, 15) is 0 Å². The number of hydrogen-bond acceptors (Lipinski definition) is 0. The summed E-state index contributed by atoms with van der Waals surface area (Å²) in [5.74, 6) is 0. The van der Waals surface area contributed by atoms with Gasteiger partial charge in [-0.2, -0.15) is 0 Å². The largest absolute Gasteiger partial charge is 0.308 e. The van der Waals surface area contributed by atoms with E-state index in [1.54, 1.807) is 0 Å². The third-order valence-electron chi connectivity index (χ3n) is 15.7. The number of aromatic nitrogens is 3. The fourth-order valence-corrected chi connectivity index (χ4v) is 11.9. The van der Waals surface area contributed by atoms with E-state index in [-0.39, 0.29) is 27.1 Å². The summed E-state index contributed by atoms with van der Waals surface area (Å²) in [6.45, 7) is 35.3. The summed E-state index contributed by atoms with van der Waals surface area (Å²) in [7, 11) is 0. The molecule has 65 heavy (non-hydrogen) atoms. The molecule has 0 saturated carbocycles. The van der Waals surface area contributed by atoms with Gasteiger partial charge < -0.3 is 13.2 Å². The van der Waals surface area contributed by atoms with Gasteiger partial charge in [0.1, 0.15) is 0 Å². The van der Waals surface area contributed by atoms with Crippen molar-refractivity contribution in [2.45, 2.75) is 131 Å². The Morgan fingerprint density at radius 1 is 0.231 bits per heavy atom. The molecule has 0 radical (unpaired) electrons. The van der Waals surface area contributed by atoms with E-state index in [2.05, 4.69) is 214 Å². The normalized spacial score (nSPS) is 14.4. The fraction of sp³-hybridized carbons (Fsp3) is 0.323. The van der Waals surface area contributed by atoms with Crippen molar-refractivity contribution in [3.05, 3.63) is 125 Å². The molecule has 3 heteroatoms. The van der Waals surface area contributed by atoms with Crippen LogP contribution in [0.3, 0.4) is 0 Å². The van der Waals surface area contributed by atoms with Crippen LogP contribution in [-0.2, 0) is 27.1 Å². The van der Waals surface area contributed by atoms with Crippen molar-refractivity contribution < 1.29 is 0 Å². The standard InChI is InChI=1S/C62H61N3/c1-58(2,3)32-16-18-47-38(23-32)42-26-35(61(10,11)12)28-45-53-49(63(47)56(42)45)20-21-50-54(53)46-29-36(62(13,14)15)27-44-40-30-51-39(31-52(40)65(50)57(44)46)43-25-34(60(7,8)9)24-41-37-22-33(59(4,5)6)17-19-48(37)64(51)55(41)43/h16-31H,1-15H3. The molecule has 0 aliphatic rings. The van der Waals surface area contributed by atoms with E-state index < -0.39 is 0 Å². The highest BCUT2D eigenvalue weighted by Crippen LogP contribution is 2.51. The molecule has 0 saturated heterocycles. The summed E-state index contributed by atoms with van der Waals surface area (Å²) in [5.41, 5.74) is 18.7. The third-order valence-corrected chi connectivity index (χ3v) is 15.7. The van der Waals surface area contributed by atoms with E-state index in [1.165, 1.54) is 142 Å². The van der Waals surface area contributed by atoms with Gasteiger partial charge in [-0.1, -0.05) is 116 Å². The van der Waals surface area contributed by atoms with Crippen molar-refractivity contribution in [1.29, 1.82) is 0 Å². The van der Waals surface area contributed by atoms with Crippen molar-refractivity contribution in [2.24, 2.45) is 0 Å². The lowest BCUT2D eigenvalue weighted by Crippen LogP contribution is -2.11. The zero-order chi connectivity index (χ0) is 45.6. The lowest BCUT2D eigenvalue weighted by molar-refractivity contribution is 0.590. The van der Waals surface area contributed by atoms with Gasteiger partial charge in [0.05, 0.1) is 49.7 Å². The first-order chi connectivity index (χ1) is 30.4. The predicted octanol–water partition coefficient (Wildman–Crippen LogP) is 17.6. The van der Waals surface area contributed by atoms with E-state index in [0.29, 0.717) is 0 Å². The van der Waals surface area contributed by atoms with Crippen LogP contribution in [-0.4, -0.2) is 13.2 Å². The number of fused-ring (bicyclic) bond motifs is 19. The summed E-state index contributed by atoms with van der Waals surface area (Å²) in [6, 6.07) is 39.5. The molecule has 13 aromatic rings. The van der Waals surface area contributed by atoms with Gasteiger partial charge in [-0.15, -0.1) is 0 Å². The highest BCUT2D eigenvalue weighted by Gasteiger charge is 2.30. The Balaban J connectivity index is 1.23. The number of rotatable bonds is 0. The lowest BCUT2D eigenvalue weighted by Gasteiger charge is -2.20. The summed E-state index contributed by atoms with van der Waals surface area (Å²) < 4.78 is 7.82. The van der Waals surface area contributed by atoms with Crippen molar-refractivity contribution in [3.63, 3.8) is 0 Å². The predicted molar refractivity (Wildman–Crippen MR) is 284 cm³/mol. The van der Waals surface area contributed by atoms with Crippen molar-refractivity contribution in [2.75, 3.05) is 0 Å². The first kappa shape index (κ1) is 39.3. The van der Waals surface area contributed by atoms with Crippen LogP contribution < -0.4 is 0 Å². The Morgan fingerprint density at radius 3 is 0.815 bits per heavy atom. The third kappa shape index (κ3) is 4.97. The molecule has 0 aliphatic carbocycles. The molecule has 0 spiro atoms. The van der Waals surface area contributed by atoms with Crippen LogP contribution in [0.15, 0.2) is 97.1 Å². The minimum absolute atomic E-state index is 0.00212. The Labute approximate surface area is 381 Å². The average Bonchev–Trinajstić information content (AvgIpc) is 4.04. The summed E-state index contributed by atoms with van der Waals surface area (Å²) in [4.78, 5) is 0. The molecule has 6 heterocycles. The molecule has 0 N–H and O–H groups in total. The minimum atomic E-state index is -0.0463. The molecule has 0 atom stereocenters. The molecule has 3 nitrogen and oxygen atoms in total. The minimum Gasteiger partial charge on any atom is -0.308 e. The van der Waals surface area contributed by atoms with E-state index in [4.69, 9.17) is 0 Å². The molecule has 0 amide bonds. The maximum Gasteiger partial charge on any atom is 0.0620 e. The summed E-state index contributed by atoms with van der Waals surface area (Å²) in [6.07, 6.45) is 0. The number of hydrogen-bond donors (Lipinski definition) is 0. The van der Waals surface area contributed by atoms with Gasteiger partial charge in [0.2, 0.25) is 0 Å².